The van der Waals surface area contributed by atoms with Crippen molar-refractivity contribution in [2.24, 2.45) is 0 Å². The van der Waals surface area contributed by atoms with E-state index in [-0.39, 0.29) is 33.0 Å². The van der Waals surface area contributed by atoms with Crippen LogP contribution < -0.4 is 0 Å². The Morgan fingerprint density at radius 2 is 0.857 bits per heavy atom. The van der Waals surface area contributed by atoms with Crippen LogP contribution in [0.5, 0.6) is 0 Å². The molecule has 0 saturated heterocycles. The predicted molar refractivity (Wildman–Crippen MR) is 56.6 cm³/mol. The molecule has 0 aliphatic carbocycles. The normalized spacial score (nSPS) is 10.6. The van der Waals surface area contributed by atoms with Gasteiger partial charge in [-0.2, -0.15) is 0 Å². The molecule has 0 spiro atoms. The summed E-state index contributed by atoms with van der Waals surface area (Å²) in [6.07, 6.45) is 16.8. The number of rotatable bonds is 6. The molecule has 0 rings (SSSR count). The molecule has 0 fully saturated rings. The molecule has 0 aromatic rings. The summed E-state index contributed by atoms with van der Waals surface area (Å²) in [7, 11) is 0. The van der Waals surface area contributed by atoms with Crippen molar-refractivity contribution in [3.05, 3.63) is 50.3 Å². The smallest absolute Gasteiger partial charge is 0 e. The van der Waals surface area contributed by atoms with Gasteiger partial charge in [-0.25, -0.2) is 38.2 Å². The third kappa shape index (κ3) is 17.9. The summed E-state index contributed by atoms with van der Waals surface area (Å²) in [5.41, 5.74) is 0. The van der Waals surface area contributed by atoms with Crippen molar-refractivity contribution in [3.63, 3.8) is 0 Å². The fourth-order valence-electron chi connectivity index (χ4n) is 0.856. The predicted octanol–water partition coefficient (Wildman–Crippen LogP) is 3.88. The van der Waals surface area contributed by atoms with E-state index >= 15 is 0 Å². The van der Waals surface area contributed by atoms with Gasteiger partial charge in [-0.1, -0.05) is 25.0 Å². The summed E-state index contributed by atoms with van der Waals surface area (Å²) in [6.45, 7) is 7.25. The second-order valence-electron chi connectivity index (χ2n) is 2.57. The standard InChI is InChI=1S/C12H18.2Ni/c1-3-5-7-9-11-12-10-8-6-4-2;;/h3-6,11-12H,1-2,7-10H2;;/q-2;;/b5-3+,6-4+,12-11+;;. The summed E-state index contributed by atoms with van der Waals surface area (Å²) < 4.78 is 0. The SMILES string of the molecule is [CH2-]/C=C/CC/C=C/CC/C=C/[CH2-].[Ni].[Ni]. The number of unbranched alkanes of at least 4 members (excludes halogenated alkanes) is 2. The van der Waals surface area contributed by atoms with Gasteiger partial charge in [-0.05, 0) is 12.8 Å². The van der Waals surface area contributed by atoms with Gasteiger partial charge in [0.05, 0.1) is 0 Å². The monoisotopic (exact) mass is 278 g/mol. The molecule has 0 aromatic carbocycles. The first-order valence-corrected chi connectivity index (χ1v) is 4.45. The van der Waals surface area contributed by atoms with E-state index in [4.69, 9.17) is 0 Å². The average molecular weight is 280 g/mol. The van der Waals surface area contributed by atoms with E-state index in [2.05, 4.69) is 38.2 Å². The van der Waals surface area contributed by atoms with Gasteiger partial charge in [-0.3, -0.25) is 0 Å². The zero-order valence-corrected chi connectivity index (χ0v) is 10.3. The minimum Gasteiger partial charge on any atom is -0.245 e. The maximum atomic E-state index is 3.62. The molecule has 2 heteroatoms. The second-order valence-corrected chi connectivity index (χ2v) is 2.57. The van der Waals surface area contributed by atoms with Crippen molar-refractivity contribution in [1.29, 1.82) is 0 Å². The van der Waals surface area contributed by atoms with Crippen molar-refractivity contribution >= 4 is 0 Å². The molecule has 0 nitrogen and oxygen atoms in total. The van der Waals surface area contributed by atoms with E-state index in [9.17, 15) is 0 Å². The minimum absolute atomic E-state index is 0. The summed E-state index contributed by atoms with van der Waals surface area (Å²) in [5.74, 6) is 0. The fourth-order valence-corrected chi connectivity index (χ4v) is 0.856. The molecule has 0 radical (unpaired) electrons. The summed E-state index contributed by atoms with van der Waals surface area (Å²) >= 11 is 0. The molecule has 14 heavy (non-hydrogen) atoms. The van der Waals surface area contributed by atoms with Gasteiger partial charge < -0.3 is 0 Å². The van der Waals surface area contributed by atoms with Crippen molar-refractivity contribution in [1.82, 2.24) is 0 Å². The van der Waals surface area contributed by atoms with Crippen molar-refractivity contribution in [3.8, 4) is 0 Å². The van der Waals surface area contributed by atoms with E-state index in [1.165, 1.54) is 0 Å². The number of hydrogen-bond acceptors (Lipinski definition) is 0. The summed E-state index contributed by atoms with van der Waals surface area (Å²) in [5, 5.41) is 0. The maximum absolute atomic E-state index is 3.62. The first-order chi connectivity index (χ1) is 5.91. The first-order valence-electron chi connectivity index (χ1n) is 4.45. The Labute approximate surface area is 109 Å². The molecular weight excluding hydrogens is 262 g/mol. The molecule has 0 atom stereocenters. The Morgan fingerprint density at radius 1 is 0.571 bits per heavy atom. The van der Waals surface area contributed by atoms with Crippen LogP contribution in [0.25, 0.3) is 0 Å². The van der Waals surface area contributed by atoms with Gasteiger partial charge in [-0.15, -0.1) is 0 Å². The molecule has 0 aromatic heterocycles. The van der Waals surface area contributed by atoms with Crippen LogP contribution >= 0.6 is 0 Å². The van der Waals surface area contributed by atoms with E-state index in [0.717, 1.165) is 25.7 Å². The number of hydrogen-bond donors (Lipinski definition) is 0. The van der Waals surface area contributed by atoms with Gasteiger partial charge >= 0.3 is 0 Å². The van der Waals surface area contributed by atoms with Crippen LogP contribution in [0.4, 0.5) is 0 Å². The van der Waals surface area contributed by atoms with Gasteiger partial charge in [0.2, 0.25) is 0 Å². The van der Waals surface area contributed by atoms with Crippen LogP contribution in [-0.2, 0) is 33.0 Å². The fraction of sp³-hybridized carbons (Fsp3) is 0.333. The van der Waals surface area contributed by atoms with E-state index < -0.39 is 0 Å². The Morgan fingerprint density at radius 3 is 1.14 bits per heavy atom. The van der Waals surface area contributed by atoms with Crippen LogP contribution in [0.3, 0.4) is 0 Å². The van der Waals surface area contributed by atoms with Crippen molar-refractivity contribution in [2.75, 3.05) is 0 Å². The molecule has 88 valence electrons. The van der Waals surface area contributed by atoms with Crippen LogP contribution in [0.1, 0.15) is 25.7 Å². The molecule has 0 heterocycles. The molecular formula is C12H18Ni2-2. The zero-order chi connectivity index (χ0) is 9.07. The third-order valence-corrected chi connectivity index (χ3v) is 1.50. The van der Waals surface area contributed by atoms with Gasteiger partial charge in [0.15, 0.2) is 0 Å². The van der Waals surface area contributed by atoms with Crippen LogP contribution in [0.2, 0.25) is 0 Å². The van der Waals surface area contributed by atoms with Gasteiger partial charge in [0.25, 0.3) is 0 Å². The summed E-state index contributed by atoms with van der Waals surface area (Å²) in [4.78, 5) is 0. The third-order valence-electron chi connectivity index (χ3n) is 1.50. The molecule has 0 bridgehead atoms. The van der Waals surface area contributed by atoms with Crippen LogP contribution in [0.15, 0.2) is 36.5 Å². The van der Waals surface area contributed by atoms with Crippen LogP contribution in [0, 0.1) is 13.8 Å². The molecule has 0 saturated carbocycles. The van der Waals surface area contributed by atoms with E-state index in [1.807, 2.05) is 12.2 Å². The topological polar surface area (TPSA) is 0 Å². The Bertz CT molecular complexity index is 140. The van der Waals surface area contributed by atoms with E-state index in [0.29, 0.717) is 0 Å². The maximum Gasteiger partial charge on any atom is 0 e. The average Bonchev–Trinajstić information content (AvgIpc) is 2.10. The van der Waals surface area contributed by atoms with Crippen molar-refractivity contribution < 1.29 is 33.0 Å². The number of allylic oxidation sites excluding steroid dienone is 6. The second kappa shape index (κ2) is 18.7. The molecule has 0 unspecified atom stereocenters. The first kappa shape index (κ1) is 19.5. The van der Waals surface area contributed by atoms with Crippen molar-refractivity contribution in [2.45, 2.75) is 25.7 Å². The van der Waals surface area contributed by atoms with Gasteiger partial charge in [0, 0.05) is 33.0 Å². The molecule has 0 N–H and O–H groups in total. The quantitative estimate of drug-likeness (QED) is 0.300. The molecule has 0 aliphatic rings. The van der Waals surface area contributed by atoms with E-state index in [1.54, 1.807) is 0 Å². The minimum atomic E-state index is 0. The summed E-state index contributed by atoms with van der Waals surface area (Å²) in [6, 6.07) is 0. The molecule has 0 aliphatic heterocycles. The largest absolute Gasteiger partial charge is 0.245 e. The van der Waals surface area contributed by atoms with Gasteiger partial charge in [0.1, 0.15) is 0 Å². The van der Waals surface area contributed by atoms with Crippen LogP contribution in [-0.4, -0.2) is 0 Å². The Kier molecular flexibility index (Phi) is 26.0. The molecule has 0 amide bonds. The zero-order valence-electron chi connectivity index (χ0n) is 8.34. The Balaban J connectivity index is -0.000000605. The Hall–Kier alpha value is -0.0530.